The molecule has 1 saturated heterocycles. The highest BCUT2D eigenvalue weighted by atomic mass is 16.4. The number of rotatable bonds is 13. The maximum Gasteiger partial charge on any atom is 0.326 e. The maximum absolute atomic E-state index is 13.0. The van der Waals surface area contributed by atoms with Crippen molar-refractivity contribution in [2.24, 2.45) is 22.2 Å². The Morgan fingerprint density at radius 1 is 1.15 bits per heavy atom. The van der Waals surface area contributed by atoms with Crippen LogP contribution in [0.25, 0.3) is 10.9 Å². The van der Waals surface area contributed by atoms with Crippen LogP contribution in [0.5, 0.6) is 0 Å². The number of nitrogens with zero attached hydrogens (tertiary/aromatic N) is 2. The van der Waals surface area contributed by atoms with E-state index in [-0.39, 0.29) is 12.4 Å². The quantitative estimate of drug-likeness (QED) is 0.0798. The molecule has 1 fully saturated rings. The first-order chi connectivity index (χ1) is 18.6. The summed E-state index contributed by atoms with van der Waals surface area (Å²) in [5.41, 5.74) is 18.1. The summed E-state index contributed by atoms with van der Waals surface area (Å²) in [5, 5.41) is 25.2. The lowest BCUT2D eigenvalue weighted by molar-refractivity contribution is -0.143. The van der Waals surface area contributed by atoms with Gasteiger partial charge in [0, 0.05) is 36.6 Å². The first-order valence-corrected chi connectivity index (χ1v) is 12.7. The molecule has 1 aliphatic rings. The predicted molar refractivity (Wildman–Crippen MR) is 143 cm³/mol. The Morgan fingerprint density at radius 3 is 2.59 bits per heavy atom. The number of benzene rings is 1. The van der Waals surface area contributed by atoms with E-state index in [1.54, 1.807) is 6.20 Å². The molecule has 0 saturated carbocycles. The van der Waals surface area contributed by atoms with Crippen LogP contribution in [0.3, 0.4) is 0 Å². The van der Waals surface area contributed by atoms with Crippen LogP contribution in [0, 0.1) is 0 Å². The van der Waals surface area contributed by atoms with Crippen molar-refractivity contribution < 1.29 is 29.4 Å². The van der Waals surface area contributed by atoms with E-state index in [0.717, 1.165) is 10.9 Å². The van der Waals surface area contributed by atoms with Gasteiger partial charge in [-0.3, -0.25) is 19.4 Å². The minimum Gasteiger partial charge on any atom is -0.480 e. The number of aliphatic hydroxyl groups excluding tert-OH is 1. The number of carboxylic acids is 1. The zero-order chi connectivity index (χ0) is 28.5. The SMILES string of the molecule is NC(N)=NCCCC(N)C(=O)N1CCCC1C(=O)NC(CO)C(=O)NC(Cc1c[nH]c2ccccc12)C(=O)O. The molecule has 0 aliphatic carbocycles. The molecule has 1 aliphatic heterocycles. The number of aliphatic hydroxyl groups is 1. The fourth-order valence-corrected chi connectivity index (χ4v) is 4.61. The van der Waals surface area contributed by atoms with Crippen LogP contribution in [0.4, 0.5) is 0 Å². The molecule has 0 spiro atoms. The van der Waals surface area contributed by atoms with Gasteiger partial charge in [-0.15, -0.1) is 0 Å². The first kappa shape index (κ1) is 29.4. The van der Waals surface area contributed by atoms with Crippen LogP contribution in [0.2, 0.25) is 0 Å². The molecule has 212 valence electrons. The summed E-state index contributed by atoms with van der Waals surface area (Å²) in [6.07, 6.45) is 3.38. The smallest absolute Gasteiger partial charge is 0.326 e. The number of hydrogen-bond donors (Lipinski definition) is 8. The molecular formula is C25H36N8O6. The fourth-order valence-electron chi connectivity index (χ4n) is 4.61. The second-order valence-corrected chi connectivity index (χ2v) is 9.45. The summed E-state index contributed by atoms with van der Waals surface area (Å²) < 4.78 is 0. The standard InChI is InChI=1S/C25H36N8O6/c26-16(6-3-9-29-25(27)28)23(37)33-10-4-8-20(33)22(36)32-19(13-34)21(35)31-18(24(38)39)11-14-12-30-17-7-2-1-5-15(14)17/h1-2,5,7,12,16,18-20,30,34H,3-4,6,8-11,13,26H2,(H,31,35)(H,32,36)(H,38,39)(H4,27,28,29). The zero-order valence-corrected chi connectivity index (χ0v) is 21.5. The Hall–Kier alpha value is -4.17. The van der Waals surface area contributed by atoms with E-state index in [0.29, 0.717) is 44.3 Å². The van der Waals surface area contributed by atoms with Crippen LogP contribution in [0.15, 0.2) is 35.5 Å². The molecule has 4 atom stereocenters. The van der Waals surface area contributed by atoms with Gasteiger partial charge >= 0.3 is 5.97 Å². The number of aromatic amines is 1. The summed E-state index contributed by atoms with van der Waals surface area (Å²) in [7, 11) is 0. The Balaban J connectivity index is 1.59. The Labute approximate surface area is 225 Å². The molecule has 1 aromatic heterocycles. The summed E-state index contributed by atoms with van der Waals surface area (Å²) in [4.78, 5) is 58.9. The number of aromatic nitrogens is 1. The molecule has 3 rings (SSSR count). The van der Waals surface area contributed by atoms with Gasteiger partial charge in [-0.2, -0.15) is 0 Å². The molecule has 39 heavy (non-hydrogen) atoms. The van der Waals surface area contributed by atoms with Gasteiger partial charge in [0.05, 0.1) is 12.6 Å². The van der Waals surface area contributed by atoms with Crippen LogP contribution >= 0.6 is 0 Å². The minimum atomic E-state index is -1.41. The van der Waals surface area contributed by atoms with Crippen molar-refractivity contribution in [2.75, 3.05) is 19.7 Å². The van der Waals surface area contributed by atoms with Crippen molar-refractivity contribution >= 4 is 40.6 Å². The van der Waals surface area contributed by atoms with Crippen molar-refractivity contribution in [2.45, 2.75) is 56.3 Å². The normalized spacial score (nSPS) is 17.3. The predicted octanol–water partition coefficient (Wildman–Crippen LogP) is -1.87. The van der Waals surface area contributed by atoms with E-state index >= 15 is 0 Å². The van der Waals surface area contributed by atoms with Gasteiger partial charge in [0.15, 0.2) is 5.96 Å². The lowest BCUT2D eigenvalue weighted by Crippen LogP contribution is -2.57. The number of carbonyl (C=O) groups excluding carboxylic acids is 3. The number of likely N-dealkylation sites (tertiary alicyclic amines) is 1. The van der Waals surface area contributed by atoms with Gasteiger partial charge in [-0.05, 0) is 37.3 Å². The zero-order valence-electron chi connectivity index (χ0n) is 21.5. The van der Waals surface area contributed by atoms with Gasteiger partial charge < -0.3 is 47.9 Å². The van der Waals surface area contributed by atoms with Crippen molar-refractivity contribution in [1.82, 2.24) is 20.5 Å². The number of carbonyl (C=O) groups is 4. The monoisotopic (exact) mass is 544 g/mol. The molecule has 2 aromatic rings. The molecule has 0 bridgehead atoms. The number of aliphatic imine (C=N–C) groups is 1. The molecule has 11 N–H and O–H groups in total. The van der Waals surface area contributed by atoms with Gasteiger partial charge in [-0.25, -0.2) is 4.79 Å². The van der Waals surface area contributed by atoms with Crippen molar-refractivity contribution in [3.63, 3.8) is 0 Å². The maximum atomic E-state index is 13.0. The molecule has 4 unspecified atom stereocenters. The van der Waals surface area contributed by atoms with Crippen LogP contribution in [-0.2, 0) is 25.6 Å². The van der Waals surface area contributed by atoms with Gasteiger partial charge in [0.1, 0.15) is 18.1 Å². The van der Waals surface area contributed by atoms with Gasteiger partial charge in [0.25, 0.3) is 0 Å². The van der Waals surface area contributed by atoms with Crippen molar-refractivity contribution in [1.29, 1.82) is 0 Å². The highest BCUT2D eigenvalue weighted by Gasteiger charge is 2.37. The van der Waals surface area contributed by atoms with E-state index in [1.165, 1.54) is 4.90 Å². The average Bonchev–Trinajstić information content (AvgIpc) is 3.56. The van der Waals surface area contributed by atoms with E-state index < -0.39 is 54.5 Å². The number of fused-ring (bicyclic) bond motifs is 1. The molecule has 3 amide bonds. The van der Waals surface area contributed by atoms with E-state index in [4.69, 9.17) is 17.2 Å². The van der Waals surface area contributed by atoms with Crippen molar-refractivity contribution in [3.05, 3.63) is 36.0 Å². The number of nitrogens with one attached hydrogen (secondary N) is 3. The van der Waals surface area contributed by atoms with E-state index in [2.05, 4.69) is 20.6 Å². The number of nitrogens with two attached hydrogens (primary N) is 3. The third-order valence-electron chi connectivity index (χ3n) is 6.65. The third-order valence-corrected chi connectivity index (χ3v) is 6.65. The lowest BCUT2D eigenvalue weighted by Gasteiger charge is -2.28. The molecule has 0 radical (unpaired) electrons. The Bertz CT molecular complexity index is 1210. The number of guanidine groups is 1. The van der Waals surface area contributed by atoms with Gasteiger partial charge in [0.2, 0.25) is 17.7 Å². The highest BCUT2D eigenvalue weighted by molar-refractivity contribution is 5.94. The minimum absolute atomic E-state index is 0.0108. The van der Waals surface area contributed by atoms with E-state index in [9.17, 15) is 29.4 Å². The molecule has 14 nitrogen and oxygen atoms in total. The summed E-state index contributed by atoms with van der Waals surface area (Å²) in [5.74, 6) is -3.22. The number of amides is 3. The first-order valence-electron chi connectivity index (χ1n) is 12.7. The summed E-state index contributed by atoms with van der Waals surface area (Å²) >= 11 is 0. The molecule has 1 aromatic carbocycles. The van der Waals surface area contributed by atoms with Crippen LogP contribution in [-0.4, -0.2) is 93.6 Å². The average molecular weight is 545 g/mol. The summed E-state index contributed by atoms with van der Waals surface area (Å²) in [6.45, 7) is -0.125. The second-order valence-electron chi connectivity index (χ2n) is 9.45. The second kappa shape index (κ2) is 13.6. The van der Waals surface area contributed by atoms with Gasteiger partial charge in [-0.1, -0.05) is 18.2 Å². The summed E-state index contributed by atoms with van der Waals surface area (Å²) in [6, 6.07) is 2.91. The topological polar surface area (TPSA) is 242 Å². The third kappa shape index (κ3) is 7.67. The number of aliphatic carboxylic acids is 1. The molecule has 2 heterocycles. The lowest BCUT2D eigenvalue weighted by atomic mass is 10.0. The highest BCUT2D eigenvalue weighted by Crippen LogP contribution is 2.20. The van der Waals surface area contributed by atoms with E-state index in [1.807, 2.05) is 24.3 Å². The number of hydrogen-bond acceptors (Lipinski definition) is 7. The fraction of sp³-hybridized carbons (Fsp3) is 0.480. The number of H-pyrrole nitrogens is 1. The van der Waals surface area contributed by atoms with Crippen LogP contribution in [0.1, 0.15) is 31.2 Å². The number of carboxylic acid groups (broad SMARTS) is 1. The largest absolute Gasteiger partial charge is 0.480 e. The molecule has 14 heteroatoms. The number of para-hydroxylation sites is 1. The Morgan fingerprint density at radius 2 is 1.90 bits per heavy atom. The van der Waals surface area contributed by atoms with Crippen LogP contribution < -0.4 is 27.8 Å². The Kier molecular flexibility index (Phi) is 10.2. The van der Waals surface area contributed by atoms with Crippen molar-refractivity contribution in [3.8, 4) is 0 Å². The molecular weight excluding hydrogens is 508 g/mol.